The van der Waals surface area contributed by atoms with E-state index in [4.69, 9.17) is 4.52 Å². The molecule has 1 fully saturated rings. The lowest BCUT2D eigenvalue weighted by Crippen LogP contribution is -2.45. The molecule has 25 heavy (non-hydrogen) atoms. The standard InChI is InChI=1S/C17H30N6O2/c1-5-15(24)23-10-8-13(11-23)20-17(18-6-2)19-9-7-14-21-16(12(3)4)22-25-14/h12-13H,5-11H2,1-4H3,(H2,18,19,20). The molecule has 0 spiro atoms. The second kappa shape index (κ2) is 9.39. The third-order valence-corrected chi connectivity index (χ3v) is 4.12. The topological polar surface area (TPSA) is 95.7 Å². The summed E-state index contributed by atoms with van der Waals surface area (Å²) in [5.41, 5.74) is 0. The summed E-state index contributed by atoms with van der Waals surface area (Å²) in [5, 5.41) is 10.6. The van der Waals surface area contributed by atoms with Gasteiger partial charge < -0.3 is 20.1 Å². The Balaban J connectivity index is 1.84. The van der Waals surface area contributed by atoms with Crippen LogP contribution in [0.4, 0.5) is 0 Å². The van der Waals surface area contributed by atoms with Crippen LogP contribution in [-0.2, 0) is 11.2 Å². The van der Waals surface area contributed by atoms with Crippen molar-refractivity contribution in [2.24, 2.45) is 4.99 Å². The Kier molecular flexibility index (Phi) is 7.21. The van der Waals surface area contributed by atoms with Crippen molar-refractivity contribution >= 4 is 11.9 Å². The Bertz CT molecular complexity index is 583. The summed E-state index contributed by atoms with van der Waals surface area (Å²) in [6, 6.07) is 0.240. The maximum Gasteiger partial charge on any atom is 0.228 e. The first-order valence-electron chi connectivity index (χ1n) is 9.18. The maximum atomic E-state index is 11.8. The van der Waals surface area contributed by atoms with Crippen LogP contribution in [-0.4, -0.2) is 59.1 Å². The summed E-state index contributed by atoms with van der Waals surface area (Å²) >= 11 is 0. The van der Waals surface area contributed by atoms with Gasteiger partial charge in [-0.25, -0.2) is 0 Å². The highest BCUT2D eigenvalue weighted by Gasteiger charge is 2.25. The van der Waals surface area contributed by atoms with E-state index < -0.39 is 0 Å². The number of aromatic nitrogens is 2. The molecule has 2 rings (SSSR count). The predicted octanol–water partition coefficient (Wildman–Crippen LogP) is 1.30. The number of nitrogens with one attached hydrogen (secondary N) is 2. The monoisotopic (exact) mass is 350 g/mol. The van der Waals surface area contributed by atoms with Crippen LogP contribution in [0.3, 0.4) is 0 Å². The summed E-state index contributed by atoms with van der Waals surface area (Å²) in [4.78, 5) is 22.6. The van der Waals surface area contributed by atoms with E-state index in [1.807, 2.05) is 32.6 Å². The molecule has 140 valence electrons. The number of rotatable bonds is 7. The van der Waals surface area contributed by atoms with Gasteiger partial charge in [0.1, 0.15) is 0 Å². The number of carbonyl (C=O) groups is 1. The summed E-state index contributed by atoms with van der Waals surface area (Å²) in [7, 11) is 0. The number of nitrogens with zero attached hydrogens (tertiary/aromatic N) is 4. The van der Waals surface area contributed by atoms with Gasteiger partial charge in [-0.15, -0.1) is 0 Å². The Labute approximate surface area is 149 Å². The molecule has 2 heterocycles. The fourth-order valence-corrected chi connectivity index (χ4v) is 2.71. The minimum atomic E-state index is 0.212. The van der Waals surface area contributed by atoms with E-state index in [0.717, 1.165) is 37.8 Å². The molecule has 1 aliphatic rings. The molecule has 1 aromatic rings. The molecule has 0 saturated carbocycles. The lowest BCUT2D eigenvalue weighted by molar-refractivity contribution is -0.129. The first kappa shape index (κ1) is 19.2. The summed E-state index contributed by atoms with van der Waals surface area (Å²) in [5.74, 6) is 2.58. The molecule has 8 heteroatoms. The van der Waals surface area contributed by atoms with E-state index in [1.165, 1.54) is 0 Å². The van der Waals surface area contributed by atoms with Gasteiger partial charge in [-0.05, 0) is 13.3 Å². The van der Waals surface area contributed by atoms with Gasteiger partial charge in [0.05, 0.1) is 6.54 Å². The van der Waals surface area contributed by atoms with Gasteiger partial charge in [0.25, 0.3) is 0 Å². The molecule has 0 aliphatic carbocycles. The van der Waals surface area contributed by atoms with E-state index in [0.29, 0.717) is 25.3 Å². The first-order valence-corrected chi connectivity index (χ1v) is 9.18. The fourth-order valence-electron chi connectivity index (χ4n) is 2.71. The Hall–Kier alpha value is -2.12. The molecule has 0 bridgehead atoms. The Morgan fingerprint density at radius 3 is 2.88 bits per heavy atom. The van der Waals surface area contributed by atoms with Crippen molar-refractivity contribution < 1.29 is 9.32 Å². The zero-order chi connectivity index (χ0) is 18.2. The zero-order valence-electron chi connectivity index (χ0n) is 15.7. The average Bonchev–Trinajstić information content (AvgIpc) is 3.24. The minimum absolute atomic E-state index is 0.212. The van der Waals surface area contributed by atoms with Crippen molar-refractivity contribution in [3.8, 4) is 0 Å². The van der Waals surface area contributed by atoms with Crippen LogP contribution in [0.1, 0.15) is 58.2 Å². The molecule has 1 atom stereocenters. The highest BCUT2D eigenvalue weighted by atomic mass is 16.5. The van der Waals surface area contributed by atoms with Crippen LogP contribution in [0.25, 0.3) is 0 Å². The summed E-state index contributed by atoms with van der Waals surface area (Å²) < 4.78 is 5.24. The average molecular weight is 350 g/mol. The zero-order valence-corrected chi connectivity index (χ0v) is 15.7. The van der Waals surface area contributed by atoms with Crippen LogP contribution >= 0.6 is 0 Å². The summed E-state index contributed by atoms with van der Waals surface area (Å²) in [6.07, 6.45) is 2.11. The van der Waals surface area contributed by atoms with E-state index in [9.17, 15) is 4.79 Å². The molecule has 8 nitrogen and oxygen atoms in total. The van der Waals surface area contributed by atoms with E-state index in [-0.39, 0.29) is 17.9 Å². The van der Waals surface area contributed by atoms with Crippen molar-refractivity contribution in [1.29, 1.82) is 0 Å². The lowest BCUT2D eigenvalue weighted by atomic mass is 10.2. The SMILES string of the molecule is CCNC(=NCCc1nc(C(C)C)no1)NC1CCN(C(=O)CC)C1. The van der Waals surface area contributed by atoms with Crippen molar-refractivity contribution in [3.63, 3.8) is 0 Å². The van der Waals surface area contributed by atoms with Crippen molar-refractivity contribution in [2.45, 2.75) is 58.9 Å². The van der Waals surface area contributed by atoms with Gasteiger partial charge in [-0.3, -0.25) is 9.79 Å². The predicted molar refractivity (Wildman–Crippen MR) is 96.5 cm³/mol. The third kappa shape index (κ3) is 5.72. The number of aliphatic imine (C=N–C) groups is 1. The molecule has 1 aliphatic heterocycles. The molecular formula is C17H30N6O2. The number of likely N-dealkylation sites (tertiary alicyclic amines) is 1. The molecule has 0 radical (unpaired) electrons. The first-order chi connectivity index (χ1) is 12.0. The van der Waals surface area contributed by atoms with Crippen molar-refractivity contribution in [3.05, 3.63) is 11.7 Å². The van der Waals surface area contributed by atoms with E-state index >= 15 is 0 Å². The molecule has 1 aromatic heterocycles. The number of hydrogen-bond donors (Lipinski definition) is 2. The quantitative estimate of drug-likeness (QED) is 0.568. The molecular weight excluding hydrogens is 320 g/mol. The normalized spacial score (nSPS) is 18.0. The van der Waals surface area contributed by atoms with Crippen LogP contribution < -0.4 is 10.6 Å². The van der Waals surface area contributed by atoms with Gasteiger partial charge in [0.2, 0.25) is 11.8 Å². The van der Waals surface area contributed by atoms with Crippen LogP contribution in [0.15, 0.2) is 9.52 Å². The number of guanidine groups is 1. The van der Waals surface area contributed by atoms with Gasteiger partial charge in [0, 0.05) is 44.4 Å². The molecule has 1 unspecified atom stereocenters. The second-order valence-corrected chi connectivity index (χ2v) is 6.53. The number of amides is 1. The molecule has 1 saturated heterocycles. The highest BCUT2D eigenvalue weighted by Crippen LogP contribution is 2.11. The van der Waals surface area contributed by atoms with E-state index in [2.05, 4.69) is 25.8 Å². The van der Waals surface area contributed by atoms with Gasteiger partial charge in [-0.2, -0.15) is 4.98 Å². The molecule has 0 aromatic carbocycles. The largest absolute Gasteiger partial charge is 0.357 e. The van der Waals surface area contributed by atoms with Crippen molar-refractivity contribution in [1.82, 2.24) is 25.7 Å². The van der Waals surface area contributed by atoms with Crippen LogP contribution in [0.2, 0.25) is 0 Å². The van der Waals surface area contributed by atoms with Crippen molar-refractivity contribution in [2.75, 3.05) is 26.2 Å². The fraction of sp³-hybridized carbons (Fsp3) is 0.765. The third-order valence-electron chi connectivity index (χ3n) is 4.12. The van der Waals surface area contributed by atoms with E-state index in [1.54, 1.807) is 0 Å². The highest BCUT2D eigenvalue weighted by molar-refractivity contribution is 5.80. The van der Waals surface area contributed by atoms with Gasteiger partial charge >= 0.3 is 0 Å². The Morgan fingerprint density at radius 2 is 2.24 bits per heavy atom. The maximum absolute atomic E-state index is 11.8. The number of carbonyl (C=O) groups excluding carboxylic acids is 1. The second-order valence-electron chi connectivity index (χ2n) is 6.53. The smallest absolute Gasteiger partial charge is 0.228 e. The summed E-state index contributed by atoms with van der Waals surface area (Å²) in [6.45, 7) is 10.9. The lowest BCUT2D eigenvalue weighted by Gasteiger charge is -2.18. The van der Waals surface area contributed by atoms with Crippen LogP contribution in [0, 0.1) is 0 Å². The number of hydrogen-bond acceptors (Lipinski definition) is 5. The van der Waals surface area contributed by atoms with Crippen LogP contribution in [0.5, 0.6) is 0 Å². The minimum Gasteiger partial charge on any atom is -0.357 e. The Morgan fingerprint density at radius 1 is 1.44 bits per heavy atom. The van der Waals surface area contributed by atoms with Gasteiger partial charge in [-0.1, -0.05) is 25.9 Å². The molecule has 2 N–H and O–H groups in total. The molecule has 1 amide bonds. The van der Waals surface area contributed by atoms with Gasteiger partial charge in [0.15, 0.2) is 11.8 Å².